The van der Waals surface area contributed by atoms with Gasteiger partial charge in [0.2, 0.25) is 11.7 Å². The second kappa shape index (κ2) is 8.70. The first kappa shape index (κ1) is 20.0. The molecule has 0 saturated carbocycles. The summed E-state index contributed by atoms with van der Waals surface area (Å²) >= 11 is 6.27. The van der Waals surface area contributed by atoms with E-state index in [1.165, 1.54) is 0 Å². The van der Waals surface area contributed by atoms with Crippen molar-refractivity contribution in [1.82, 2.24) is 9.97 Å². The molecule has 1 aromatic carbocycles. The van der Waals surface area contributed by atoms with E-state index in [9.17, 15) is 4.79 Å². The van der Waals surface area contributed by atoms with Gasteiger partial charge in [0.15, 0.2) is 0 Å². The van der Waals surface area contributed by atoms with Gasteiger partial charge in [-0.1, -0.05) is 17.7 Å². The number of benzene rings is 1. The van der Waals surface area contributed by atoms with Crippen molar-refractivity contribution in [3.63, 3.8) is 0 Å². The number of aromatic nitrogens is 2. The third kappa shape index (κ3) is 4.49. The summed E-state index contributed by atoms with van der Waals surface area (Å²) in [5.74, 6) is -0.541. The van der Waals surface area contributed by atoms with Crippen LogP contribution < -0.4 is 9.47 Å². The molecule has 1 aromatic heterocycles. The second-order valence-corrected chi connectivity index (χ2v) is 5.20. The minimum absolute atomic E-state index is 0. The SMILES string of the molecule is CCOc1nc(C(=O)O)nc(C)c1Cc1ccc(OC)cc1Cl.Cl. The van der Waals surface area contributed by atoms with Gasteiger partial charge in [-0.05, 0) is 31.5 Å². The van der Waals surface area contributed by atoms with Crippen LogP contribution in [0.5, 0.6) is 11.6 Å². The summed E-state index contributed by atoms with van der Waals surface area (Å²) < 4.78 is 10.6. The van der Waals surface area contributed by atoms with Crippen molar-refractivity contribution >= 4 is 30.0 Å². The topological polar surface area (TPSA) is 81.5 Å². The largest absolute Gasteiger partial charge is 0.497 e. The lowest BCUT2D eigenvalue weighted by molar-refractivity contribution is 0.0681. The molecule has 130 valence electrons. The van der Waals surface area contributed by atoms with Gasteiger partial charge < -0.3 is 14.6 Å². The van der Waals surface area contributed by atoms with Crippen LogP contribution >= 0.6 is 24.0 Å². The fourth-order valence-corrected chi connectivity index (χ4v) is 2.35. The van der Waals surface area contributed by atoms with E-state index in [2.05, 4.69) is 9.97 Å². The van der Waals surface area contributed by atoms with Gasteiger partial charge in [0.25, 0.3) is 0 Å². The number of aromatic carboxylic acids is 1. The predicted octanol–water partition coefficient (Wildman–Crippen LogP) is 3.56. The van der Waals surface area contributed by atoms with E-state index in [4.69, 9.17) is 26.2 Å². The fourth-order valence-electron chi connectivity index (χ4n) is 2.11. The molecule has 1 N–H and O–H groups in total. The van der Waals surface area contributed by atoms with Crippen LogP contribution in [0.2, 0.25) is 5.02 Å². The summed E-state index contributed by atoms with van der Waals surface area (Å²) in [5.41, 5.74) is 2.11. The second-order valence-electron chi connectivity index (χ2n) is 4.79. The lowest BCUT2D eigenvalue weighted by atomic mass is 10.0. The molecule has 0 aliphatic carbocycles. The number of ether oxygens (including phenoxy) is 2. The minimum Gasteiger partial charge on any atom is -0.497 e. The summed E-state index contributed by atoms with van der Waals surface area (Å²) in [6, 6.07) is 5.38. The molecule has 0 unspecified atom stereocenters. The maximum absolute atomic E-state index is 11.1. The number of aryl methyl sites for hydroxylation is 1. The Kier molecular flexibility index (Phi) is 7.25. The Labute approximate surface area is 151 Å². The molecular weight excluding hydrogens is 355 g/mol. The summed E-state index contributed by atoms with van der Waals surface area (Å²) in [6.45, 7) is 3.91. The van der Waals surface area contributed by atoms with E-state index in [1.807, 2.05) is 19.1 Å². The molecule has 24 heavy (non-hydrogen) atoms. The van der Waals surface area contributed by atoms with E-state index in [0.717, 1.165) is 5.56 Å². The first-order chi connectivity index (χ1) is 11.0. The highest BCUT2D eigenvalue weighted by Gasteiger charge is 2.18. The number of carboxylic acids is 1. The van der Waals surface area contributed by atoms with Crippen molar-refractivity contribution < 1.29 is 19.4 Å². The highest BCUT2D eigenvalue weighted by atomic mass is 35.5. The molecular formula is C16H18Cl2N2O4. The van der Waals surface area contributed by atoms with Crippen molar-refractivity contribution in [3.05, 3.63) is 45.9 Å². The third-order valence-electron chi connectivity index (χ3n) is 3.28. The normalized spacial score (nSPS) is 10.0. The molecule has 6 nitrogen and oxygen atoms in total. The molecule has 2 rings (SSSR count). The number of carbonyl (C=O) groups is 1. The van der Waals surface area contributed by atoms with E-state index in [1.54, 1.807) is 20.1 Å². The van der Waals surface area contributed by atoms with Gasteiger partial charge in [-0.2, -0.15) is 4.98 Å². The molecule has 0 bridgehead atoms. The van der Waals surface area contributed by atoms with Crippen molar-refractivity contribution in [1.29, 1.82) is 0 Å². The number of rotatable bonds is 6. The highest BCUT2D eigenvalue weighted by molar-refractivity contribution is 6.31. The lowest BCUT2D eigenvalue weighted by Gasteiger charge is -2.13. The average molecular weight is 373 g/mol. The van der Waals surface area contributed by atoms with E-state index in [0.29, 0.717) is 35.1 Å². The van der Waals surface area contributed by atoms with Gasteiger partial charge in [-0.3, -0.25) is 0 Å². The zero-order valence-corrected chi connectivity index (χ0v) is 15.1. The Hall–Kier alpha value is -2.05. The quantitative estimate of drug-likeness (QED) is 0.834. The van der Waals surface area contributed by atoms with Gasteiger partial charge in [0.05, 0.1) is 13.7 Å². The van der Waals surface area contributed by atoms with Crippen LogP contribution in [0.25, 0.3) is 0 Å². The first-order valence-corrected chi connectivity index (χ1v) is 7.40. The van der Waals surface area contributed by atoms with Gasteiger partial charge in [-0.25, -0.2) is 9.78 Å². The van der Waals surface area contributed by atoms with Gasteiger partial charge >= 0.3 is 5.97 Å². The predicted molar refractivity (Wildman–Crippen MR) is 93.0 cm³/mol. The number of carboxylic acid groups (broad SMARTS) is 1. The molecule has 2 aromatic rings. The Morgan fingerprint density at radius 2 is 2.04 bits per heavy atom. The van der Waals surface area contributed by atoms with Crippen molar-refractivity contribution in [2.75, 3.05) is 13.7 Å². The van der Waals surface area contributed by atoms with E-state index in [-0.39, 0.29) is 24.1 Å². The third-order valence-corrected chi connectivity index (χ3v) is 3.63. The molecule has 0 spiro atoms. The van der Waals surface area contributed by atoms with Crippen LogP contribution in [0.3, 0.4) is 0 Å². The van der Waals surface area contributed by atoms with Gasteiger partial charge in [0, 0.05) is 22.7 Å². The number of hydrogen-bond acceptors (Lipinski definition) is 5. The van der Waals surface area contributed by atoms with Gasteiger partial charge in [0.1, 0.15) is 5.75 Å². The van der Waals surface area contributed by atoms with Crippen molar-refractivity contribution in [2.24, 2.45) is 0 Å². The molecule has 8 heteroatoms. The molecule has 0 atom stereocenters. The van der Waals surface area contributed by atoms with Crippen LogP contribution in [0, 0.1) is 6.92 Å². The van der Waals surface area contributed by atoms with Gasteiger partial charge in [-0.15, -0.1) is 12.4 Å². The summed E-state index contributed by atoms with van der Waals surface area (Å²) in [4.78, 5) is 19.1. The van der Waals surface area contributed by atoms with E-state index < -0.39 is 5.97 Å². The van der Waals surface area contributed by atoms with Crippen LogP contribution in [0.1, 0.15) is 34.4 Å². The Balaban J connectivity index is 0.00000288. The molecule has 0 aliphatic rings. The number of nitrogens with zero attached hydrogens (tertiary/aromatic N) is 2. The maximum atomic E-state index is 11.1. The van der Waals surface area contributed by atoms with Crippen LogP contribution in [-0.4, -0.2) is 34.8 Å². The molecule has 0 radical (unpaired) electrons. The van der Waals surface area contributed by atoms with Crippen LogP contribution in [-0.2, 0) is 6.42 Å². The van der Waals surface area contributed by atoms with Crippen molar-refractivity contribution in [3.8, 4) is 11.6 Å². The molecule has 1 heterocycles. The molecule has 0 saturated heterocycles. The van der Waals surface area contributed by atoms with Crippen molar-refractivity contribution in [2.45, 2.75) is 20.3 Å². The Bertz CT molecular complexity index is 738. The average Bonchev–Trinajstić information content (AvgIpc) is 2.51. The van der Waals surface area contributed by atoms with Crippen LogP contribution in [0.15, 0.2) is 18.2 Å². The Morgan fingerprint density at radius 3 is 2.58 bits per heavy atom. The van der Waals surface area contributed by atoms with Crippen LogP contribution in [0.4, 0.5) is 0 Å². The monoisotopic (exact) mass is 372 g/mol. The number of methoxy groups -OCH3 is 1. The summed E-state index contributed by atoms with van der Waals surface area (Å²) in [7, 11) is 1.57. The Morgan fingerprint density at radius 1 is 1.33 bits per heavy atom. The standard InChI is InChI=1S/C16H17ClN2O4.ClH/c1-4-23-15-12(9(2)18-14(19-15)16(20)21)7-10-5-6-11(22-3)8-13(10)17;/h5-6,8H,4,7H2,1-3H3,(H,20,21);1H. The smallest absolute Gasteiger partial charge is 0.374 e. The highest BCUT2D eigenvalue weighted by Crippen LogP contribution is 2.28. The van der Waals surface area contributed by atoms with E-state index >= 15 is 0 Å². The molecule has 0 fully saturated rings. The fraction of sp³-hybridized carbons (Fsp3) is 0.312. The summed E-state index contributed by atoms with van der Waals surface area (Å²) in [6.07, 6.45) is 0.434. The lowest BCUT2D eigenvalue weighted by Crippen LogP contribution is -2.11. The zero-order chi connectivity index (χ0) is 17.0. The molecule has 0 aliphatic heterocycles. The number of hydrogen-bond donors (Lipinski definition) is 1. The summed E-state index contributed by atoms with van der Waals surface area (Å²) in [5, 5.41) is 9.62. The zero-order valence-electron chi connectivity index (χ0n) is 13.5. The molecule has 0 amide bonds. The first-order valence-electron chi connectivity index (χ1n) is 7.02. The number of halogens is 2. The maximum Gasteiger partial charge on any atom is 0.374 e. The minimum atomic E-state index is -1.19.